The van der Waals surface area contributed by atoms with Crippen LogP contribution < -0.4 is 0 Å². The number of nitrogens with zero attached hydrogens (tertiary/aromatic N) is 5. The van der Waals surface area contributed by atoms with Gasteiger partial charge in [0.05, 0.1) is 33.0 Å². The van der Waals surface area contributed by atoms with E-state index in [1.54, 1.807) is 9.13 Å². The number of hydrogen-bond donors (Lipinski definition) is 0. The second kappa shape index (κ2) is 13.0. The molecule has 11 aromatic rings. The van der Waals surface area contributed by atoms with Gasteiger partial charge in [-0.25, -0.2) is 4.98 Å². The van der Waals surface area contributed by atoms with Gasteiger partial charge in [0, 0.05) is 38.4 Å². The van der Waals surface area contributed by atoms with Crippen LogP contribution in [0.3, 0.4) is 0 Å². The molecule has 0 spiro atoms. The fraction of sp³-hybridized carbons (Fsp3) is 0. The van der Waals surface area contributed by atoms with Gasteiger partial charge in [0.25, 0.3) is 0 Å². The quantitative estimate of drug-likeness (QED) is 0.172. The first-order valence-electron chi connectivity index (χ1n) is 22.2. The zero-order chi connectivity index (χ0) is 44.0. The molecule has 0 amide bonds. The van der Waals surface area contributed by atoms with Gasteiger partial charge in [0.15, 0.2) is 11.6 Å². The van der Waals surface area contributed by atoms with Crippen molar-refractivity contribution in [2.24, 2.45) is 0 Å². The summed E-state index contributed by atoms with van der Waals surface area (Å²) in [5.41, 5.74) is 6.82. The van der Waals surface area contributed by atoms with Crippen molar-refractivity contribution in [2.45, 2.75) is 0 Å². The highest BCUT2D eigenvalue weighted by Gasteiger charge is 2.23. The van der Waals surface area contributed by atoms with Crippen LogP contribution in [0.15, 0.2) is 200 Å². The van der Waals surface area contributed by atoms with Gasteiger partial charge in [-0.3, -0.25) is 4.57 Å². The van der Waals surface area contributed by atoms with Crippen molar-refractivity contribution >= 4 is 43.6 Å². The molecule has 0 unspecified atom stereocenters. The molecule has 0 fully saturated rings. The average Bonchev–Trinajstić information content (AvgIpc) is 3.89. The van der Waals surface area contributed by atoms with Crippen LogP contribution in [0.25, 0.3) is 100 Å². The third-order valence-corrected chi connectivity index (χ3v) is 10.2. The van der Waals surface area contributed by atoms with E-state index in [-0.39, 0.29) is 92.4 Å². The normalized spacial score (nSPS) is 13.6. The Kier molecular flexibility index (Phi) is 5.74. The largest absolute Gasteiger partial charge is 0.307 e. The number of para-hydroxylation sites is 2. The minimum Gasteiger partial charge on any atom is -0.307 e. The van der Waals surface area contributed by atoms with E-state index in [2.05, 4.69) is 0 Å². The van der Waals surface area contributed by atoms with Crippen molar-refractivity contribution in [2.75, 3.05) is 0 Å². The van der Waals surface area contributed by atoms with Crippen molar-refractivity contribution in [3.63, 3.8) is 0 Å². The highest BCUT2D eigenvalue weighted by atomic mass is 15.2. The lowest BCUT2D eigenvalue weighted by Gasteiger charge is -2.14. The third kappa shape index (κ3) is 5.21. The molecule has 0 bridgehead atoms. The number of benzene rings is 8. The van der Waals surface area contributed by atoms with Crippen LogP contribution in [0.2, 0.25) is 0 Å². The van der Waals surface area contributed by atoms with Crippen molar-refractivity contribution in [3.8, 4) is 56.7 Å². The van der Waals surface area contributed by atoms with E-state index in [0.29, 0.717) is 34.0 Å². The minimum atomic E-state index is -0.307. The van der Waals surface area contributed by atoms with Gasteiger partial charge in [-0.05, 0) is 46.5 Å². The molecule has 8 aromatic carbocycles. The van der Waals surface area contributed by atoms with E-state index in [0.717, 1.165) is 22.3 Å². The summed E-state index contributed by atoms with van der Waals surface area (Å²) in [6, 6.07) is 45.7. The summed E-state index contributed by atoms with van der Waals surface area (Å²) in [4.78, 5) is 15.1. The van der Waals surface area contributed by atoms with Gasteiger partial charge in [0.2, 0.25) is 5.95 Å². The molecule has 0 radical (unpaired) electrons. The van der Waals surface area contributed by atoms with Crippen LogP contribution >= 0.6 is 0 Å². The molecule has 0 N–H and O–H groups in total. The van der Waals surface area contributed by atoms with Crippen molar-refractivity contribution < 1.29 is 11.0 Å². The van der Waals surface area contributed by atoms with Gasteiger partial charge in [0.1, 0.15) is 0 Å². The molecule has 11 rings (SSSR count). The fourth-order valence-electron chi connectivity index (χ4n) is 7.55. The lowest BCUT2D eigenvalue weighted by atomic mass is 10.0. The van der Waals surface area contributed by atoms with Crippen LogP contribution in [-0.4, -0.2) is 24.1 Å². The van der Waals surface area contributed by atoms with Crippen LogP contribution in [0.4, 0.5) is 0 Å². The standard InChI is InChI=1S/C51H33N5/c1-4-14-34(15-5-1)36-24-26-39(27-25-36)50-52-49(38-18-8-3-9-19-38)53-51(54-50)56-46-23-13-11-21-42(46)44-33-32-43-41-20-10-12-22-45(41)55(47(43)48(44)56)40-30-28-37(29-31-40)35-16-6-2-7-17-35/h1-33H/i10D,11D,20D,21D,22D,23D,32D,33D. The first kappa shape index (κ1) is 24.6. The number of fused-ring (bicyclic) bond motifs is 7. The van der Waals surface area contributed by atoms with Crippen LogP contribution in [-0.2, 0) is 0 Å². The second-order valence-corrected chi connectivity index (χ2v) is 13.4. The number of rotatable bonds is 6. The zero-order valence-electron chi connectivity index (χ0n) is 37.7. The fourth-order valence-corrected chi connectivity index (χ4v) is 7.55. The monoisotopic (exact) mass is 723 g/mol. The SMILES string of the molecule is [2H]c1cc([2H])c2c(c1[2H])c1c([2H])c([2H])c3c4c([2H])c([2H])cc([2H])c4n(-c4nc(-c5ccccc5)nc(-c5ccc(-c6ccccc6)cc5)n4)c3c1n2-c1ccc(-c2ccccc2)cc1. The smallest absolute Gasteiger partial charge is 0.238 e. The van der Waals surface area contributed by atoms with Gasteiger partial charge in [-0.15, -0.1) is 0 Å². The van der Waals surface area contributed by atoms with Crippen LogP contribution in [0.5, 0.6) is 0 Å². The zero-order valence-corrected chi connectivity index (χ0v) is 29.7. The van der Waals surface area contributed by atoms with E-state index < -0.39 is 0 Å². The first-order valence-corrected chi connectivity index (χ1v) is 18.2. The predicted molar refractivity (Wildman–Crippen MR) is 230 cm³/mol. The summed E-state index contributed by atoms with van der Waals surface area (Å²) in [5.74, 6) is 0.676. The van der Waals surface area contributed by atoms with Gasteiger partial charge >= 0.3 is 0 Å². The molecule has 3 heterocycles. The maximum Gasteiger partial charge on any atom is 0.238 e. The molecule has 3 aromatic heterocycles. The Balaban J connectivity index is 1.31. The summed E-state index contributed by atoms with van der Waals surface area (Å²) in [5, 5.41) is 0.507. The summed E-state index contributed by atoms with van der Waals surface area (Å²) < 4.78 is 77.5. The summed E-state index contributed by atoms with van der Waals surface area (Å²) in [7, 11) is 0. The topological polar surface area (TPSA) is 48.5 Å². The molecule has 56 heavy (non-hydrogen) atoms. The number of aromatic nitrogens is 5. The molecule has 0 atom stereocenters. The molecule has 0 aliphatic carbocycles. The Bertz CT molecular complexity index is 3670. The molecule has 5 heteroatoms. The first-order chi connectivity index (χ1) is 31.1. The Morgan fingerprint density at radius 1 is 0.339 bits per heavy atom. The second-order valence-electron chi connectivity index (χ2n) is 13.4. The molecular formula is C51H33N5. The van der Waals surface area contributed by atoms with Gasteiger partial charge in [-0.2, -0.15) is 9.97 Å². The van der Waals surface area contributed by atoms with E-state index in [9.17, 15) is 8.22 Å². The Labute approximate surface area is 334 Å². The van der Waals surface area contributed by atoms with E-state index >= 15 is 0 Å². The summed E-state index contributed by atoms with van der Waals surface area (Å²) in [6.45, 7) is 0. The average molecular weight is 724 g/mol. The molecule has 262 valence electrons. The highest BCUT2D eigenvalue weighted by molar-refractivity contribution is 6.23. The van der Waals surface area contributed by atoms with Crippen LogP contribution in [0.1, 0.15) is 11.0 Å². The molecule has 0 saturated carbocycles. The number of hydrogen-bond acceptors (Lipinski definition) is 3. The predicted octanol–water partition coefficient (Wildman–Crippen LogP) is 12.7. The Morgan fingerprint density at radius 3 is 1.29 bits per heavy atom. The Hall–Kier alpha value is -7.63. The highest BCUT2D eigenvalue weighted by Crippen LogP contribution is 2.42. The lowest BCUT2D eigenvalue weighted by Crippen LogP contribution is -2.07. The summed E-state index contributed by atoms with van der Waals surface area (Å²) >= 11 is 0. The van der Waals surface area contributed by atoms with Gasteiger partial charge < -0.3 is 4.57 Å². The van der Waals surface area contributed by atoms with Crippen molar-refractivity contribution in [3.05, 3.63) is 200 Å². The molecule has 0 aliphatic heterocycles. The molecular weight excluding hydrogens is 683 g/mol. The van der Waals surface area contributed by atoms with Crippen molar-refractivity contribution in [1.29, 1.82) is 0 Å². The van der Waals surface area contributed by atoms with E-state index in [1.807, 2.05) is 140 Å². The van der Waals surface area contributed by atoms with Crippen LogP contribution in [0, 0.1) is 0 Å². The van der Waals surface area contributed by atoms with E-state index in [1.165, 1.54) is 12.1 Å². The van der Waals surface area contributed by atoms with E-state index in [4.69, 9.17) is 17.7 Å². The third-order valence-electron chi connectivity index (χ3n) is 10.2. The molecule has 0 saturated heterocycles. The molecule has 5 nitrogen and oxygen atoms in total. The Morgan fingerprint density at radius 2 is 0.750 bits per heavy atom. The maximum atomic E-state index is 9.68. The minimum absolute atomic E-state index is 0.0506. The maximum absolute atomic E-state index is 9.68. The summed E-state index contributed by atoms with van der Waals surface area (Å²) in [6.07, 6.45) is 0. The van der Waals surface area contributed by atoms with Crippen molar-refractivity contribution in [1.82, 2.24) is 24.1 Å². The van der Waals surface area contributed by atoms with Gasteiger partial charge in [-0.1, -0.05) is 176 Å². The lowest BCUT2D eigenvalue weighted by molar-refractivity contribution is 0.953. The molecule has 0 aliphatic rings.